The number of unbranched alkanes of at least 4 members (excludes halogenated alkanes) is 3. The van der Waals surface area contributed by atoms with Gasteiger partial charge in [0.1, 0.15) is 5.82 Å². The number of hydrogen-bond donors (Lipinski definition) is 0. The lowest BCUT2D eigenvalue weighted by molar-refractivity contribution is -0.207. The Morgan fingerprint density at radius 3 is 2.06 bits per heavy atom. The maximum Gasteiger partial charge on any atom is 0.186 e. The third-order valence-corrected chi connectivity index (χ3v) is 6.93. The molecule has 1 aliphatic rings. The van der Waals surface area contributed by atoms with Crippen molar-refractivity contribution in [1.82, 2.24) is 0 Å². The third-order valence-electron chi connectivity index (χ3n) is 6.93. The molecule has 2 nitrogen and oxygen atoms in total. The van der Waals surface area contributed by atoms with Gasteiger partial charge in [0.05, 0.1) is 13.2 Å². The van der Waals surface area contributed by atoms with Crippen LogP contribution in [0.3, 0.4) is 0 Å². The maximum absolute atomic E-state index is 15.0. The van der Waals surface area contributed by atoms with E-state index < -0.39 is 17.9 Å². The van der Waals surface area contributed by atoms with E-state index in [0.29, 0.717) is 47.8 Å². The fourth-order valence-corrected chi connectivity index (χ4v) is 4.69. The topological polar surface area (TPSA) is 18.5 Å². The first kappa shape index (κ1) is 26.4. The van der Waals surface area contributed by atoms with Crippen LogP contribution in [0.15, 0.2) is 54.6 Å². The number of rotatable bonds is 10. The van der Waals surface area contributed by atoms with Gasteiger partial charge in [-0.1, -0.05) is 88.1 Å². The van der Waals surface area contributed by atoms with Crippen LogP contribution in [0.25, 0.3) is 22.3 Å². The van der Waals surface area contributed by atoms with E-state index in [9.17, 15) is 13.2 Å². The highest BCUT2D eigenvalue weighted by atomic mass is 19.2. The zero-order valence-corrected chi connectivity index (χ0v) is 21.2. The molecule has 0 radical (unpaired) electrons. The van der Waals surface area contributed by atoms with Crippen LogP contribution in [0, 0.1) is 23.4 Å². The molecule has 1 heterocycles. The number of halogens is 3. The van der Waals surface area contributed by atoms with E-state index in [-0.39, 0.29) is 11.4 Å². The molecule has 0 unspecified atom stereocenters. The molecule has 192 valence electrons. The predicted molar refractivity (Wildman–Crippen MR) is 138 cm³/mol. The summed E-state index contributed by atoms with van der Waals surface area (Å²) in [6.45, 7) is 5.35. The Morgan fingerprint density at radius 1 is 0.722 bits per heavy atom. The van der Waals surface area contributed by atoms with Gasteiger partial charge < -0.3 is 9.47 Å². The van der Waals surface area contributed by atoms with Crippen molar-refractivity contribution in [1.29, 1.82) is 0 Å². The van der Waals surface area contributed by atoms with E-state index >= 15 is 0 Å². The fourth-order valence-electron chi connectivity index (χ4n) is 4.69. The molecule has 0 atom stereocenters. The van der Waals surface area contributed by atoms with Crippen LogP contribution in [0.5, 0.6) is 0 Å². The largest absolute Gasteiger partial charge is 0.348 e. The van der Waals surface area contributed by atoms with E-state index in [4.69, 9.17) is 9.47 Å². The second kappa shape index (κ2) is 12.6. The number of hydrogen-bond acceptors (Lipinski definition) is 2. The summed E-state index contributed by atoms with van der Waals surface area (Å²) in [4.78, 5) is 0. The van der Waals surface area contributed by atoms with Crippen molar-refractivity contribution in [2.24, 2.45) is 5.92 Å². The summed E-state index contributed by atoms with van der Waals surface area (Å²) in [7, 11) is 0. The van der Waals surface area contributed by atoms with Crippen LogP contribution in [0.2, 0.25) is 0 Å². The van der Waals surface area contributed by atoms with Crippen molar-refractivity contribution in [2.75, 3.05) is 13.2 Å². The average molecular weight is 497 g/mol. The summed E-state index contributed by atoms with van der Waals surface area (Å²) in [6.07, 6.45) is 6.18. The van der Waals surface area contributed by atoms with E-state index in [1.54, 1.807) is 42.5 Å². The lowest BCUT2D eigenvalue weighted by Gasteiger charge is -2.30. The Bertz CT molecular complexity index is 1140. The highest BCUT2D eigenvalue weighted by Gasteiger charge is 2.25. The molecule has 5 heteroatoms. The molecule has 0 amide bonds. The minimum atomic E-state index is -0.827. The van der Waals surface area contributed by atoms with Gasteiger partial charge in [0.25, 0.3) is 0 Å². The lowest BCUT2D eigenvalue weighted by Crippen LogP contribution is -2.27. The van der Waals surface area contributed by atoms with Gasteiger partial charge >= 0.3 is 0 Å². The van der Waals surface area contributed by atoms with Crippen molar-refractivity contribution in [3.05, 3.63) is 83.2 Å². The van der Waals surface area contributed by atoms with Crippen molar-refractivity contribution in [3.8, 4) is 22.3 Å². The zero-order chi connectivity index (χ0) is 25.5. The third kappa shape index (κ3) is 6.19. The molecule has 1 saturated heterocycles. The van der Waals surface area contributed by atoms with Gasteiger partial charge in [0.2, 0.25) is 0 Å². The van der Waals surface area contributed by atoms with Crippen molar-refractivity contribution >= 4 is 0 Å². The monoisotopic (exact) mass is 496 g/mol. The van der Waals surface area contributed by atoms with E-state index in [0.717, 1.165) is 31.2 Å². The van der Waals surface area contributed by atoms with Crippen LogP contribution in [0.4, 0.5) is 13.2 Å². The molecule has 1 aliphatic heterocycles. The molecule has 0 aromatic heterocycles. The standard InChI is InChI=1S/C31H35F3O2/c1-3-5-7-8-21-19-35-31(36-20-21)27-17-15-25(18-28(27)32)22-10-12-23(13-11-22)26-16-14-24(9-6-4-2)29(33)30(26)34/h10-18,21,31H,3-9,19-20H2,1-2H3. The number of aryl methyl sites for hydroxylation is 1. The predicted octanol–water partition coefficient (Wildman–Crippen LogP) is 9.02. The molecule has 0 aliphatic carbocycles. The second-order valence-corrected chi connectivity index (χ2v) is 9.68. The van der Waals surface area contributed by atoms with E-state index in [1.165, 1.54) is 18.9 Å². The molecular weight excluding hydrogens is 461 g/mol. The van der Waals surface area contributed by atoms with Gasteiger partial charge in [-0.05, 0) is 47.6 Å². The minimum Gasteiger partial charge on any atom is -0.348 e. The van der Waals surface area contributed by atoms with E-state index in [2.05, 4.69) is 6.92 Å². The first-order valence-corrected chi connectivity index (χ1v) is 13.1. The van der Waals surface area contributed by atoms with Crippen molar-refractivity contribution in [2.45, 2.75) is 65.1 Å². The Morgan fingerprint density at radius 2 is 1.39 bits per heavy atom. The molecule has 0 bridgehead atoms. The van der Waals surface area contributed by atoms with Crippen LogP contribution in [-0.4, -0.2) is 13.2 Å². The minimum absolute atomic E-state index is 0.223. The zero-order valence-electron chi connectivity index (χ0n) is 21.2. The normalized spacial score (nSPS) is 17.9. The Kier molecular flexibility index (Phi) is 9.22. The quantitative estimate of drug-likeness (QED) is 0.261. The first-order valence-electron chi connectivity index (χ1n) is 13.1. The van der Waals surface area contributed by atoms with Gasteiger partial charge in [-0.15, -0.1) is 0 Å². The van der Waals surface area contributed by atoms with Gasteiger partial charge in [0.15, 0.2) is 17.9 Å². The molecule has 0 spiro atoms. The Hall–Kier alpha value is -2.63. The Labute approximate surface area is 212 Å². The average Bonchev–Trinajstić information content (AvgIpc) is 2.90. The van der Waals surface area contributed by atoms with E-state index in [1.807, 2.05) is 13.0 Å². The lowest BCUT2D eigenvalue weighted by atomic mass is 9.97. The summed E-state index contributed by atoms with van der Waals surface area (Å²) in [5, 5.41) is 0. The van der Waals surface area contributed by atoms with Crippen molar-refractivity contribution in [3.63, 3.8) is 0 Å². The number of ether oxygens (including phenoxy) is 2. The summed E-state index contributed by atoms with van der Waals surface area (Å²) in [6, 6.07) is 15.3. The van der Waals surface area contributed by atoms with Crippen LogP contribution in [-0.2, 0) is 15.9 Å². The second-order valence-electron chi connectivity index (χ2n) is 9.68. The molecule has 1 fully saturated rings. The maximum atomic E-state index is 15.0. The summed E-state index contributed by atoms with van der Waals surface area (Å²) in [5.74, 6) is -1.63. The van der Waals surface area contributed by atoms with Crippen molar-refractivity contribution < 1.29 is 22.6 Å². The Balaban J connectivity index is 1.43. The van der Waals surface area contributed by atoms with Crippen LogP contribution < -0.4 is 0 Å². The summed E-state index contributed by atoms with van der Waals surface area (Å²) in [5.41, 5.74) is 3.07. The summed E-state index contributed by atoms with van der Waals surface area (Å²) < 4.78 is 55.9. The van der Waals surface area contributed by atoms with Gasteiger partial charge in [0, 0.05) is 17.0 Å². The highest BCUT2D eigenvalue weighted by molar-refractivity contribution is 5.71. The molecule has 3 aromatic rings. The summed E-state index contributed by atoms with van der Waals surface area (Å²) >= 11 is 0. The van der Waals surface area contributed by atoms with Crippen LogP contribution >= 0.6 is 0 Å². The fraction of sp³-hybridized carbons (Fsp3) is 0.419. The van der Waals surface area contributed by atoms with Crippen LogP contribution in [0.1, 0.15) is 69.8 Å². The van der Waals surface area contributed by atoms with Gasteiger partial charge in [-0.2, -0.15) is 0 Å². The molecule has 0 saturated carbocycles. The highest BCUT2D eigenvalue weighted by Crippen LogP contribution is 2.33. The smallest absolute Gasteiger partial charge is 0.186 e. The molecule has 3 aromatic carbocycles. The molecule has 36 heavy (non-hydrogen) atoms. The molecule has 4 rings (SSSR count). The molecular formula is C31H35F3O2. The SMILES string of the molecule is CCCCCC1COC(c2ccc(-c3ccc(-c4ccc(CCCC)c(F)c4F)cc3)cc2F)OC1. The van der Waals surface area contributed by atoms with Gasteiger partial charge in [-0.25, -0.2) is 13.2 Å². The molecule has 0 N–H and O–H groups in total. The van der Waals surface area contributed by atoms with Gasteiger partial charge in [-0.3, -0.25) is 0 Å². The number of benzene rings is 3. The first-order chi connectivity index (χ1) is 17.5.